The summed E-state index contributed by atoms with van der Waals surface area (Å²) in [5, 5.41) is 9.65. The van der Waals surface area contributed by atoms with Crippen molar-refractivity contribution in [2.75, 3.05) is 44.1 Å². The quantitative estimate of drug-likeness (QED) is 0.331. The molecule has 0 unspecified atom stereocenters. The summed E-state index contributed by atoms with van der Waals surface area (Å²) in [6.45, 7) is 1.56. The molecular weight excluding hydrogens is 506 g/mol. The van der Waals surface area contributed by atoms with Crippen LogP contribution in [0.5, 0.6) is 0 Å². The summed E-state index contributed by atoms with van der Waals surface area (Å²) in [6.07, 6.45) is 0.862. The normalized spacial score (nSPS) is 20.5. The molecule has 1 aromatic carbocycles. The number of anilines is 2. The summed E-state index contributed by atoms with van der Waals surface area (Å²) in [6, 6.07) is 9.67. The predicted molar refractivity (Wildman–Crippen MR) is 135 cm³/mol. The number of aromatic nitrogens is 2. The fourth-order valence-electron chi connectivity index (χ4n) is 3.87. The van der Waals surface area contributed by atoms with Crippen LogP contribution in [0, 0.1) is 0 Å². The smallest absolute Gasteiger partial charge is 0.280 e. The predicted octanol–water partition coefficient (Wildman–Crippen LogP) is 2.44. The molecule has 36 heavy (non-hydrogen) atoms. The Morgan fingerprint density at radius 1 is 1.08 bits per heavy atom. The van der Waals surface area contributed by atoms with Gasteiger partial charge in [0.15, 0.2) is 26.8 Å². The Balaban J connectivity index is 1.40. The molecule has 2 N–H and O–H groups in total. The summed E-state index contributed by atoms with van der Waals surface area (Å²) in [5.74, 6) is 0.152. The van der Waals surface area contributed by atoms with Crippen molar-refractivity contribution in [1.82, 2.24) is 9.97 Å². The van der Waals surface area contributed by atoms with Crippen molar-refractivity contribution in [3.63, 3.8) is 0 Å². The van der Waals surface area contributed by atoms with Gasteiger partial charge in [0.2, 0.25) is 0 Å². The third-order valence-corrected chi connectivity index (χ3v) is 8.97. The standard InChI is InChI=1S/C23H25N5O6S2/c1-24-19-7-6-18-22(26-19)35-23(25-18)27-21(29)20(28-34-15-8-10-32-12-15)14-2-4-16(5-3-14)36(30,31)17-9-11-33-13-17/h2-7,15,17H,8-13H2,1H3,(H,24,26)(H,25,27,29)/b28-20+/t15-,17+/m1/s1. The minimum Gasteiger partial charge on any atom is -0.389 e. The second-order valence-electron chi connectivity index (χ2n) is 8.33. The van der Waals surface area contributed by atoms with Gasteiger partial charge in [0, 0.05) is 25.6 Å². The summed E-state index contributed by atoms with van der Waals surface area (Å²) >= 11 is 1.23. The number of thiazole rings is 1. The van der Waals surface area contributed by atoms with Gasteiger partial charge in [-0.05, 0) is 30.7 Å². The van der Waals surface area contributed by atoms with Crippen molar-refractivity contribution in [1.29, 1.82) is 0 Å². The molecule has 2 aliphatic heterocycles. The van der Waals surface area contributed by atoms with Crippen LogP contribution in [0.25, 0.3) is 10.3 Å². The van der Waals surface area contributed by atoms with Gasteiger partial charge in [0.25, 0.3) is 5.91 Å². The van der Waals surface area contributed by atoms with E-state index in [0.717, 1.165) is 0 Å². The van der Waals surface area contributed by atoms with Crippen molar-refractivity contribution in [3.05, 3.63) is 42.0 Å². The number of rotatable bonds is 8. The van der Waals surface area contributed by atoms with E-state index in [4.69, 9.17) is 14.3 Å². The molecule has 0 aliphatic carbocycles. The first kappa shape index (κ1) is 24.6. The van der Waals surface area contributed by atoms with Crippen LogP contribution >= 0.6 is 11.3 Å². The van der Waals surface area contributed by atoms with Crippen molar-refractivity contribution in [3.8, 4) is 0 Å². The van der Waals surface area contributed by atoms with E-state index in [2.05, 4.69) is 25.8 Å². The lowest BCUT2D eigenvalue weighted by atomic mass is 10.1. The number of nitrogens with zero attached hydrogens (tertiary/aromatic N) is 3. The van der Waals surface area contributed by atoms with Crippen molar-refractivity contribution < 1.29 is 27.5 Å². The maximum atomic E-state index is 13.3. The second-order valence-corrected chi connectivity index (χ2v) is 11.5. The Hall–Kier alpha value is -3.13. The highest BCUT2D eigenvalue weighted by atomic mass is 32.2. The van der Waals surface area contributed by atoms with Crippen molar-refractivity contribution in [2.24, 2.45) is 5.16 Å². The zero-order valence-corrected chi connectivity index (χ0v) is 21.1. The van der Waals surface area contributed by atoms with Crippen LogP contribution in [0.1, 0.15) is 18.4 Å². The number of fused-ring (bicyclic) bond motifs is 1. The van der Waals surface area contributed by atoms with Gasteiger partial charge in [-0.15, -0.1) is 0 Å². The van der Waals surface area contributed by atoms with Gasteiger partial charge >= 0.3 is 0 Å². The van der Waals surface area contributed by atoms with E-state index < -0.39 is 21.0 Å². The van der Waals surface area contributed by atoms with E-state index >= 15 is 0 Å². The van der Waals surface area contributed by atoms with Crippen LogP contribution in [0.3, 0.4) is 0 Å². The lowest BCUT2D eigenvalue weighted by Crippen LogP contribution is -2.25. The number of hydrogen-bond donors (Lipinski definition) is 2. The topological polar surface area (TPSA) is 141 Å². The molecule has 13 heteroatoms. The number of hydrogen-bond acceptors (Lipinski definition) is 11. The molecule has 3 aromatic rings. The molecule has 0 radical (unpaired) electrons. The van der Waals surface area contributed by atoms with Crippen LogP contribution < -0.4 is 10.6 Å². The van der Waals surface area contributed by atoms with Gasteiger partial charge in [-0.3, -0.25) is 10.1 Å². The Kier molecular flexibility index (Phi) is 7.14. The molecule has 2 aliphatic rings. The highest BCUT2D eigenvalue weighted by molar-refractivity contribution is 7.92. The Labute approximate surface area is 211 Å². The first-order chi connectivity index (χ1) is 17.4. The van der Waals surface area contributed by atoms with E-state index in [9.17, 15) is 13.2 Å². The van der Waals surface area contributed by atoms with Crippen LogP contribution in [-0.4, -0.2) is 74.8 Å². The first-order valence-electron chi connectivity index (χ1n) is 11.4. The highest BCUT2D eigenvalue weighted by Gasteiger charge is 2.31. The molecule has 4 heterocycles. The molecule has 0 saturated carbocycles. The fraction of sp³-hybridized carbons (Fsp3) is 0.391. The Bertz CT molecular complexity index is 1380. The third-order valence-electron chi connectivity index (χ3n) is 5.91. The number of nitrogens with one attached hydrogen (secondary N) is 2. The minimum absolute atomic E-state index is 0.00169. The lowest BCUT2D eigenvalue weighted by molar-refractivity contribution is -0.110. The van der Waals surface area contributed by atoms with Crippen LogP contribution in [0.4, 0.5) is 10.9 Å². The molecule has 2 aromatic heterocycles. The molecule has 2 saturated heterocycles. The monoisotopic (exact) mass is 531 g/mol. The zero-order chi connectivity index (χ0) is 25.1. The number of benzene rings is 1. The van der Waals surface area contributed by atoms with Crippen LogP contribution in [-0.2, 0) is 28.9 Å². The number of ether oxygens (including phenoxy) is 2. The fourth-order valence-corrected chi connectivity index (χ4v) is 6.28. The van der Waals surface area contributed by atoms with Crippen molar-refractivity contribution in [2.45, 2.75) is 29.1 Å². The van der Waals surface area contributed by atoms with Gasteiger partial charge in [-0.25, -0.2) is 18.4 Å². The molecule has 2 atom stereocenters. The SMILES string of the molecule is CNc1ccc2nc(NC(=O)/C(=N/O[C@@H]3CCOC3)c3ccc(S(=O)(=O)[C@H]4CCOC4)cc3)sc2n1. The molecule has 1 amide bonds. The Morgan fingerprint density at radius 3 is 2.56 bits per heavy atom. The van der Waals surface area contributed by atoms with E-state index in [1.54, 1.807) is 25.2 Å². The van der Waals surface area contributed by atoms with E-state index in [1.807, 2.05) is 6.07 Å². The number of oxime groups is 1. The molecule has 0 bridgehead atoms. The summed E-state index contributed by atoms with van der Waals surface area (Å²) < 4.78 is 36.3. The highest BCUT2D eigenvalue weighted by Crippen LogP contribution is 2.26. The first-order valence-corrected chi connectivity index (χ1v) is 13.8. The Morgan fingerprint density at radius 2 is 1.86 bits per heavy atom. The maximum Gasteiger partial charge on any atom is 0.280 e. The van der Waals surface area contributed by atoms with Gasteiger partial charge < -0.3 is 19.6 Å². The third kappa shape index (κ3) is 5.19. The maximum absolute atomic E-state index is 13.3. The molecular formula is C23H25N5O6S2. The molecule has 11 nitrogen and oxygen atoms in total. The zero-order valence-electron chi connectivity index (χ0n) is 19.5. The summed E-state index contributed by atoms with van der Waals surface area (Å²) in [7, 11) is -1.76. The van der Waals surface area contributed by atoms with Crippen molar-refractivity contribution >= 4 is 54.1 Å². The van der Waals surface area contributed by atoms with Gasteiger partial charge in [-0.1, -0.05) is 28.6 Å². The lowest BCUT2D eigenvalue weighted by Gasteiger charge is -2.12. The molecule has 2 fully saturated rings. The average molecular weight is 532 g/mol. The number of pyridine rings is 1. The van der Waals surface area contributed by atoms with Gasteiger partial charge in [-0.2, -0.15) is 0 Å². The van der Waals surface area contributed by atoms with Gasteiger partial charge in [0.1, 0.15) is 16.2 Å². The molecule has 5 rings (SSSR count). The van der Waals surface area contributed by atoms with E-state index in [1.165, 1.54) is 23.5 Å². The van der Waals surface area contributed by atoms with E-state index in [0.29, 0.717) is 59.5 Å². The molecule has 190 valence electrons. The second kappa shape index (κ2) is 10.5. The number of carbonyl (C=O) groups is 1. The minimum atomic E-state index is -3.53. The van der Waals surface area contributed by atoms with E-state index in [-0.39, 0.29) is 23.3 Å². The summed E-state index contributed by atoms with van der Waals surface area (Å²) in [5.41, 5.74) is 1.06. The van der Waals surface area contributed by atoms with Crippen LogP contribution in [0.2, 0.25) is 0 Å². The van der Waals surface area contributed by atoms with Gasteiger partial charge in [0.05, 0.1) is 30.0 Å². The van der Waals surface area contributed by atoms with Crippen LogP contribution in [0.15, 0.2) is 46.4 Å². The number of amides is 1. The summed E-state index contributed by atoms with van der Waals surface area (Å²) in [4.78, 5) is 28.5. The molecule has 0 spiro atoms. The average Bonchev–Trinajstić information content (AvgIpc) is 3.66. The number of sulfone groups is 1. The largest absolute Gasteiger partial charge is 0.389 e. The number of carbonyl (C=O) groups excluding carboxylic acids is 1.